The van der Waals surface area contributed by atoms with Crippen LogP contribution in [0.3, 0.4) is 0 Å². The minimum atomic E-state index is -6.00. The number of allylic oxidation sites excluding steroid dienone is 4. The Kier molecular flexibility index (Phi) is 16.9. The largest absolute Gasteiger partial charge is 1.00 e. The van der Waals surface area contributed by atoms with E-state index in [1.165, 1.54) is 77.0 Å². The van der Waals surface area contributed by atoms with Gasteiger partial charge >= 0.3 is 26.7 Å². The minimum Gasteiger partial charge on any atom is -0.418 e. The standard InChI is InChI=1S/C24H36P2S.C8H12.BF4.Rh/c1-5-17-13-14-18(6-2)25(17)23-21-11-9-10-12-22(21)27-24(23)26-19(7-3)15-16-20(26)8-4;1-2-4-6-8-7-5-3-1;2-1(3,4)5;/h9-12,17-20H,5-8,13-16H2,1-4H3;1-2,7-8H,3-6H2;;/q;;-1;+1/t17-,18-,19-,20-;;;/m0.../s1. The molecule has 2 saturated heterocycles. The Bertz CT molecular complexity index is 1030. The second kappa shape index (κ2) is 18.7. The molecule has 0 saturated carbocycles. The molecule has 2 aromatic rings. The molecule has 1 aliphatic carbocycles. The van der Waals surface area contributed by atoms with Gasteiger partial charge in [-0.25, -0.2) is 0 Å². The summed E-state index contributed by atoms with van der Waals surface area (Å²) >= 11 is 2.22. The van der Waals surface area contributed by atoms with Crippen LogP contribution in [0.2, 0.25) is 0 Å². The van der Waals surface area contributed by atoms with Crippen LogP contribution in [-0.4, -0.2) is 29.9 Å². The summed E-state index contributed by atoms with van der Waals surface area (Å²) < 4.78 is 42.5. The van der Waals surface area contributed by atoms with E-state index in [9.17, 15) is 17.3 Å². The molecule has 1 aromatic heterocycles. The van der Waals surface area contributed by atoms with E-state index in [-0.39, 0.29) is 35.3 Å². The van der Waals surface area contributed by atoms with Crippen LogP contribution in [0.4, 0.5) is 17.3 Å². The third-order valence-electron chi connectivity index (χ3n) is 8.50. The van der Waals surface area contributed by atoms with Gasteiger partial charge in [0.25, 0.3) is 0 Å². The summed E-state index contributed by atoms with van der Waals surface area (Å²) in [5.74, 6) is 0. The van der Waals surface area contributed by atoms with Gasteiger partial charge in [0.1, 0.15) is 0 Å². The van der Waals surface area contributed by atoms with Crippen molar-refractivity contribution in [3.8, 4) is 0 Å². The molecule has 3 aliphatic rings. The molecule has 0 N–H and O–H groups in total. The number of benzene rings is 1. The van der Waals surface area contributed by atoms with Gasteiger partial charge in [0.2, 0.25) is 0 Å². The number of hydrogen-bond donors (Lipinski definition) is 0. The van der Waals surface area contributed by atoms with Crippen LogP contribution in [0.5, 0.6) is 0 Å². The Morgan fingerprint density at radius 3 is 1.41 bits per heavy atom. The molecule has 232 valence electrons. The van der Waals surface area contributed by atoms with E-state index < -0.39 is 7.25 Å². The predicted octanol–water partition coefficient (Wildman–Crippen LogP) is 11.8. The average molecular weight is 716 g/mol. The summed E-state index contributed by atoms with van der Waals surface area (Å²) in [4.78, 5) is 0. The molecule has 0 radical (unpaired) electrons. The SMILES string of the molecule is C1=CCCC=CCC1.CC[C@H]1CC[C@H](CC)P1c1sc2ccccc2c1P1[C@@H](CC)CC[C@@H]1CC.F[B-](F)(F)F.[Rh+]. The Morgan fingerprint density at radius 2 is 1.02 bits per heavy atom. The molecule has 0 unspecified atom stereocenters. The van der Waals surface area contributed by atoms with Gasteiger partial charge in [-0.05, 0) is 106 Å². The maximum absolute atomic E-state index is 9.75. The summed E-state index contributed by atoms with van der Waals surface area (Å²) in [6.07, 6.45) is 25.5. The molecule has 4 atom stereocenters. The summed E-state index contributed by atoms with van der Waals surface area (Å²) in [6.45, 7) is 9.82. The first-order chi connectivity index (χ1) is 19.2. The van der Waals surface area contributed by atoms with Crippen molar-refractivity contribution in [2.24, 2.45) is 0 Å². The molecule has 0 amide bonds. The smallest absolute Gasteiger partial charge is 0.418 e. The number of hydrogen-bond acceptors (Lipinski definition) is 1. The first kappa shape index (κ1) is 37.1. The van der Waals surface area contributed by atoms with E-state index in [2.05, 4.69) is 87.6 Å². The van der Waals surface area contributed by atoms with Gasteiger partial charge in [0, 0.05) is 20.0 Å². The van der Waals surface area contributed by atoms with Crippen LogP contribution in [0.1, 0.15) is 105 Å². The fraction of sp³-hybridized carbons (Fsp3) is 0.625. The normalized spacial score (nSPS) is 25.1. The molecule has 1 aromatic carbocycles. The quantitative estimate of drug-likeness (QED) is 0.121. The van der Waals surface area contributed by atoms with Crippen molar-refractivity contribution in [3.63, 3.8) is 0 Å². The minimum absolute atomic E-state index is 0. The third kappa shape index (κ3) is 10.8. The number of halogens is 4. The van der Waals surface area contributed by atoms with E-state index in [1.807, 2.05) is 9.92 Å². The zero-order valence-corrected chi connectivity index (χ0v) is 29.4. The van der Waals surface area contributed by atoms with Gasteiger partial charge in [-0.2, -0.15) is 0 Å². The van der Waals surface area contributed by atoms with Crippen molar-refractivity contribution in [1.29, 1.82) is 0 Å². The van der Waals surface area contributed by atoms with Crippen molar-refractivity contribution in [2.75, 3.05) is 0 Å². The summed E-state index contributed by atoms with van der Waals surface area (Å²) in [7, 11) is -5.95. The first-order valence-electron chi connectivity index (χ1n) is 15.5. The molecule has 5 rings (SSSR count). The zero-order chi connectivity index (χ0) is 29.1. The molecule has 0 nitrogen and oxygen atoms in total. The maximum Gasteiger partial charge on any atom is 1.00 e. The van der Waals surface area contributed by atoms with E-state index in [0.717, 1.165) is 22.6 Å². The molecule has 2 fully saturated rings. The molecule has 0 bridgehead atoms. The Balaban J connectivity index is 0.000000349. The van der Waals surface area contributed by atoms with Crippen LogP contribution in [0, 0.1) is 0 Å². The maximum atomic E-state index is 9.75. The summed E-state index contributed by atoms with van der Waals surface area (Å²) in [5.41, 5.74) is 3.91. The van der Waals surface area contributed by atoms with Gasteiger partial charge in [-0.1, -0.05) is 86.0 Å². The van der Waals surface area contributed by atoms with Crippen LogP contribution in [-0.2, 0) is 19.5 Å². The van der Waals surface area contributed by atoms with Crippen LogP contribution >= 0.6 is 27.2 Å². The van der Waals surface area contributed by atoms with Gasteiger partial charge in [0.05, 0.1) is 0 Å². The summed E-state index contributed by atoms with van der Waals surface area (Å²) in [5, 5.41) is 3.56. The molecule has 3 heterocycles. The Hall–Kier alpha value is -0.0717. The second-order valence-electron chi connectivity index (χ2n) is 11.1. The topological polar surface area (TPSA) is 0 Å². The Labute approximate surface area is 266 Å². The van der Waals surface area contributed by atoms with Gasteiger partial charge in [0.15, 0.2) is 0 Å². The van der Waals surface area contributed by atoms with Crippen molar-refractivity contribution >= 4 is 54.4 Å². The zero-order valence-electron chi connectivity index (χ0n) is 25.1. The molecule has 0 spiro atoms. The fourth-order valence-corrected chi connectivity index (χ4v) is 17.1. The molecule has 9 heteroatoms. The van der Waals surface area contributed by atoms with Crippen LogP contribution in [0.15, 0.2) is 48.6 Å². The monoisotopic (exact) mass is 716 g/mol. The molecular formula is C32H48BF4P2RhS. The molecular weight excluding hydrogens is 668 g/mol. The first-order valence-corrected chi connectivity index (χ1v) is 19.3. The average Bonchev–Trinajstić information content (AvgIpc) is 3.60. The van der Waals surface area contributed by atoms with Crippen molar-refractivity contribution in [3.05, 3.63) is 48.6 Å². The van der Waals surface area contributed by atoms with E-state index in [0.29, 0.717) is 0 Å². The molecule has 41 heavy (non-hydrogen) atoms. The predicted molar refractivity (Wildman–Crippen MR) is 177 cm³/mol. The van der Waals surface area contributed by atoms with Crippen molar-refractivity contribution < 1.29 is 36.7 Å². The van der Waals surface area contributed by atoms with Crippen LogP contribution in [0.25, 0.3) is 10.1 Å². The fourth-order valence-electron chi connectivity index (χ4n) is 6.52. The van der Waals surface area contributed by atoms with E-state index in [1.54, 1.807) is 10.1 Å². The van der Waals surface area contributed by atoms with Gasteiger partial charge < -0.3 is 17.3 Å². The Morgan fingerprint density at radius 1 is 0.659 bits per heavy atom. The van der Waals surface area contributed by atoms with Gasteiger partial charge in [-0.3, -0.25) is 0 Å². The van der Waals surface area contributed by atoms with Crippen LogP contribution < -0.4 is 9.92 Å². The molecule has 2 aliphatic heterocycles. The van der Waals surface area contributed by atoms with Crippen molar-refractivity contribution in [1.82, 2.24) is 0 Å². The second-order valence-corrected chi connectivity index (χ2v) is 17.9. The van der Waals surface area contributed by atoms with E-state index in [4.69, 9.17) is 0 Å². The number of fused-ring (bicyclic) bond motifs is 1. The number of thiophene rings is 1. The van der Waals surface area contributed by atoms with Crippen molar-refractivity contribution in [2.45, 2.75) is 127 Å². The summed E-state index contributed by atoms with van der Waals surface area (Å²) in [6, 6.07) is 9.44. The van der Waals surface area contributed by atoms with E-state index >= 15 is 0 Å². The third-order valence-corrected chi connectivity index (χ3v) is 18.0. The number of rotatable bonds is 6. The van der Waals surface area contributed by atoms with Gasteiger partial charge in [-0.15, -0.1) is 11.3 Å².